The Labute approximate surface area is 89.2 Å². The van der Waals surface area contributed by atoms with Gasteiger partial charge in [-0.1, -0.05) is 6.92 Å². The summed E-state index contributed by atoms with van der Waals surface area (Å²) in [5.41, 5.74) is 5.47. The van der Waals surface area contributed by atoms with Gasteiger partial charge in [0.15, 0.2) is 0 Å². The van der Waals surface area contributed by atoms with Crippen LogP contribution in [-0.4, -0.2) is 41.5 Å². The summed E-state index contributed by atoms with van der Waals surface area (Å²) in [7, 11) is 0. The number of nitrogens with zero attached hydrogens (tertiary/aromatic N) is 1. The van der Waals surface area contributed by atoms with Crippen LogP contribution in [0.15, 0.2) is 0 Å². The Morgan fingerprint density at radius 2 is 2.13 bits per heavy atom. The number of carbonyl (C=O) groups is 2. The average molecular weight is 214 g/mol. The molecule has 0 radical (unpaired) electrons. The molecule has 1 atom stereocenters. The largest absolute Gasteiger partial charge is 0.481 e. The number of rotatable bonds is 5. The summed E-state index contributed by atoms with van der Waals surface area (Å²) >= 11 is 0. The number of nitrogens with two attached hydrogens (primary N) is 1. The number of amides is 1. The van der Waals surface area contributed by atoms with Crippen molar-refractivity contribution in [3.05, 3.63) is 0 Å². The van der Waals surface area contributed by atoms with E-state index in [0.717, 1.165) is 6.42 Å². The fourth-order valence-electron chi connectivity index (χ4n) is 1.83. The first-order chi connectivity index (χ1) is 7.08. The van der Waals surface area contributed by atoms with Gasteiger partial charge >= 0.3 is 5.97 Å². The van der Waals surface area contributed by atoms with E-state index >= 15 is 0 Å². The molecule has 1 aliphatic heterocycles. The maximum atomic E-state index is 11.7. The number of carboxylic acid groups (broad SMARTS) is 1. The molecule has 1 rings (SSSR count). The molecular weight excluding hydrogens is 196 g/mol. The van der Waals surface area contributed by atoms with E-state index in [1.807, 2.05) is 6.92 Å². The van der Waals surface area contributed by atoms with Crippen LogP contribution in [0.5, 0.6) is 0 Å². The Morgan fingerprint density at radius 1 is 1.53 bits per heavy atom. The number of carbonyl (C=O) groups excluding carboxylic acids is 1. The molecule has 3 N–H and O–H groups in total. The first-order valence-electron chi connectivity index (χ1n) is 5.29. The first-order valence-corrected chi connectivity index (χ1v) is 5.29. The zero-order valence-corrected chi connectivity index (χ0v) is 8.98. The molecule has 5 heteroatoms. The zero-order chi connectivity index (χ0) is 11.4. The van der Waals surface area contributed by atoms with E-state index in [-0.39, 0.29) is 24.2 Å². The molecule has 1 unspecified atom stereocenters. The molecule has 0 bridgehead atoms. The van der Waals surface area contributed by atoms with E-state index in [4.69, 9.17) is 10.8 Å². The molecule has 1 fully saturated rings. The fraction of sp³-hybridized carbons (Fsp3) is 0.800. The second-order valence-electron chi connectivity index (χ2n) is 4.05. The fourth-order valence-corrected chi connectivity index (χ4v) is 1.83. The predicted octanol–water partition coefficient (Wildman–Crippen LogP) is -0.0956. The highest BCUT2D eigenvalue weighted by atomic mass is 16.4. The van der Waals surface area contributed by atoms with E-state index in [1.165, 1.54) is 0 Å². The minimum Gasteiger partial charge on any atom is -0.481 e. The van der Waals surface area contributed by atoms with Gasteiger partial charge in [-0.05, 0) is 6.42 Å². The monoisotopic (exact) mass is 214 g/mol. The minimum absolute atomic E-state index is 0.0710. The van der Waals surface area contributed by atoms with Crippen LogP contribution in [0.25, 0.3) is 0 Å². The Balaban J connectivity index is 2.31. The number of hydrogen-bond donors (Lipinski definition) is 2. The van der Waals surface area contributed by atoms with Crippen molar-refractivity contribution in [1.29, 1.82) is 0 Å². The third-order valence-electron chi connectivity index (χ3n) is 2.86. The highest BCUT2D eigenvalue weighted by Crippen LogP contribution is 2.21. The summed E-state index contributed by atoms with van der Waals surface area (Å²) in [5.74, 6) is -0.697. The second-order valence-corrected chi connectivity index (χ2v) is 4.05. The van der Waals surface area contributed by atoms with E-state index in [9.17, 15) is 9.59 Å². The molecule has 86 valence electrons. The lowest BCUT2D eigenvalue weighted by Gasteiger charge is -2.40. The van der Waals surface area contributed by atoms with Crippen LogP contribution in [-0.2, 0) is 9.59 Å². The third kappa shape index (κ3) is 2.92. The van der Waals surface area contributed by atoms with Gasteiger partial charge in [-0.15, -0.1) is 0 Å². The van der Waals surface area contributed by atoms with Crippen molar-refractivity contribution in [2.75, 3.05) is 19.6 Å². The third-order valence-corrected chi connectivity index (χ3v) is 2.86. The molecule has 0 aromatic rings. The Hall–Kier alpha value is -1.10. The minimum atomic E-state index is -0.794. The molecule has 0 aromatic heterocycles. The summed E-state index contributed by atoms with van der Waals surface area (Å²) in [4.78, 5) is 23.8. The van der Waals surface area contributed by atoms with Gasteiger partial charge in [0.05, 0.1) is 12.3 Å². The van der Waals surface area contributed by atoms with E-state index < -0.39 is 5.97 Å². The number of hydrogen-bond acceptors (Lipinski definition) is 3. The van der Waals surface area contributed by atoms with Crippen LogP contribution >= 0.6 is 0 Å². The van der Waals surface area contributed by atoms with Crippen LogP contribution in [0.3, 0.4) is 0 Å². The topological polar surface area (TPSA) is 83.6 Å². The van der Waals surface area contributed by atoms with Crippen molar-refractivity contribution in [2.45, 2.75) is 19.8 Å². The number of carboxylic acids is 1. The van der Waals surface area contributed by atoms with Crippen molar-refractivity contribution >= 4 is 11.9 Å². The van der Waals surface area contributed by atoms with E-state index in [2.05, 4.69) is 0 Å². The van der Waals surface area contributed by atoms with Gasteiger partial charge in [0.1, 0.15) is 0 Å². The van der Waals surface area contributed by atoms with Crippen molar-refractivity contribution in [3.63, 3.8) is 0 Å². The van der Waals surface area contributed by atoms with E-state index in [0.29, 0.717) is 19.6 Å². The molecule has 0 aromatic carbocycles. The Morgan fingerprint density at radius 3 is 2.53 bits per heavy atom. The highest BCUT2D eigenvalue weighted by Gasteiger charge is 2.34. The molecule has 0 saturated carbocycles. The summed E-state index contributed by atoms with van der Waals surface area (Å²) in [5, 5.41) is 8.55. The van der Waals surface area contributed by atoms with E-state index in [1.54, 1.807) is 4.90 Å². The maximum absolute atomic E-state index is 11.7. The van der Waals surface area contributed by atoms with Gasteiger partial charge < -0.3 is 15.7 Å². The standard InChI is InChI=1S/C10H18N2O3/c1-2-8(4-11)10(15)12-5-7(6-12)3-9(13)14/h7-8H,2-6,11H2,1H3,(H,13,14). The van der Waals surface area contributed by atoms with Gasteiger partial charge in [-0.25, -0.2) is 0 Å². The Kier molecular flexibility index (Phi) is 4.08. The molecule has 1 aliphatic rings. The SMILES string of the molecule is CCC(CN)C(=O)N1CC(CC(=O)O)C1. The van der Waals surface area contributed by atoms with Crippen molar-refractivity contribution in [1.82, 2.24) is 4.90 Å². The first kappa shape index (κ1) is 12.0. The van der Waals surface area contributed by atoms with Crippen molar-refractivity contribution in [3.8, 4) is 0 Å². The Bertz CT molecular complexity index is 245. The summed E-state index contributed by atoms with van der Waals surface area (Å²) in [6.07, 6.45) is 0.901. The zero-order valence-electron chi connectivity index (χ0n) is 8.98. The van der Waals surface area contributed by atoms with Gasteiger partial charge in [-0.2, -0.15) is 0 Å². The predicted molar refractivity (Wildman–Crippen MR) is 55.2 cm³/mol. The molecule has 15 heavy (non-hydrogen) atoms. The number of likely N-dealkylation sites (tertiary alicyclic amines) is 1. The van der Waals surface area contributed by atoms with Crippen LogP contribution in [0.4, 0.5) is 0 Å². The lowest BCUT2D eigenvalue weighted by atomic mass is 9.93. The molecular formula is C10H18N2O3. The molecule has 0 spiro atoms. The van der Waals surface area contributed by atoms with Gasteiger partial charge in [-0.3, -0.25) is 9.59 Å². The smallest absolute Gasteiger partial charge is 0.303 e. The molecule has 1 heterocycles. The van der Waals surface area contributed by atoms with Gasteiger partial charge in [0.2, 0.25) is 5.91 Å². The number of aliphatic carboxylic acids is 1. The van der Waals surface area contributed by atoms with Gasteiger partial charge in [0.25, 0.3) is 0 Å². The average Bonchev–Trinajstić information content (AvgIpc) is 2.12. The normalized spacial score (nSPS) is 18.4. The van der Waals surface area contributed by atoms with Crippen LogP contribution in [0.1, 0.15) is 19.8 Å². The molecule has 1 saturated heterocycles. The van der Waals surface area contributed by atoms with Crippen LogP contribution in [0, 0.1) is 11.8 Å². The molecule has 0 aliphatic carbocycles. The van der Waals surface area contributed by atoms with Crippen molar-refractivity contribution in [2.24, 2.45) is 17.6 Å². The van der Waals surface area contributed by atoms with Crippen LogP contribution < -0.4 is 5.73 Å². The second kappa shape index (κ2) is 5.11. The summed E-state index contributed by atoms with van der Waals surface area (Å²) in [6.45, 7) is 3.45. The molecule has 1 amide bonds. The quantitative estimate of drug-likeness (QED) is 0.669. The lowest BCUT2D eigenvalue weighted by molar-refractivity contribution is -0.147. The van der Waals surface area contributed by atoms with Crippen molar-refractivity contribution < 1.29 is 14.7 Å². The lowest BCUT2D eigenvalue weighted by Crippen LogP contribution is -2.53. The summed E-state index contributed by atoms with van der Waals surface area (Å²) < 4.78 is 0. The van der Waals surface area contributed by atoms with Crippen LogP contribution in [0.2, 0.25) is 0 Å². The van der Waals surface area contributed by atoms with Gasteiger partial charge in [0, 0.05) is 25.6 Å². The summed E-state index contributed by atoms with van der Waals surface area (Å²) in [6, 6.07) is 0. The maximum Gasteiger partial charge on any atom is 0.303 e. The molecule has 5 nitrogen and oxygen atoms in total. The highest BCUT2D eigenvalue weighted by molar-refractivity contribution is 5.80.